The van der Waals surface area contributed by atoms with Crippen LogP contribution in [0.3, 0.4) is 0 Å². The molecule has 0 saturated carbocycles. The molecule has 1 aliphatic rings. The Balaban J connectivity index is 0.000000132. The molecule has 0 heteroatoms. The van der Waals surface area contributed by atoms with E-state index < -0.39 is 0 Å². The number of benzene rings is 6. The van der Waals surface area contributed by atoms with E-state index in [2.05, 4.69) is 181 Å². The van der Waals surface area contributed by atoms with E-state index in [1.54, 1.807) is 0 Å². The summed E-state index contributed by atoms with van der Waals surface area (Å²) in [6, 6.07) is 52.0. The Labute approximate surface area is 265 Å². The van der Waals surface area contributed by atoms with Crippen LogP contribution in [0.5, 0.6) is 0 Å². The minimum absolute atomic E-state index is 0.151. The van der Waals surface area contributed by atoms with Crippen molar-refractivity contribution in [1.82, 2.24) is 0 Å². The maximum atomic E-state index is 2.33. The summed E-state index contributed by atoms with van der Waals surface area (Å²) < 4.78 is 0. The van der Waals surface area contributed by atoms with Crippen LogP contribution in [-0.4, -0.2) is 0 Å². The van der Waals surface area contributed by atoms with E-state index in [9.17, 15) is 0 Å². The third-order valence-corrected chi connectivity index (χ3v) is 8.64. The second-order valence-electron chi connectivity index (χ2n) is 12.4. The maximum Gasteiger partial charge on any atom is 0.0158 e. The van der Waals surface area contributed by atoms with Gasteiger partial charge < -0.3 is 0 Å². The first-order chi connectivity index (χ1) is 21.3. The second kappa shape index (κ2) is 13.7. The zero-order valence-corrected chi connectivity index (χ0v) is 27.1. The summed E-state index contributed by atoms with van der Waals surface area (Å²) in [4.78, 5) is 0. The van der Waals surface area contributed by atoms with Crippen LogP contribution >= 0.6 is 0 Å². The average Bonchev–Trinajstić information content (AvgIpc) is 3.28. The summed E-state index contributed by atoms with van der Waals surface area (Å²) in [7, 11) is 0. The fourth-order valence-electron chi connectivity index (χ4n) is 5.87. The fraction of sp³-hybridized carbons (Fsp3) is 0.182. The molecule has 0 saturated heterocycles. The van der Waals surface area contributed by atoms with Crippen LogP contribution < -0.4 is 0 Å². The molecule has 0 aromatic heterocycles. The van der Waals surface area contributed by atoms with Crippen LogP contribution in [0.1, 0.15) is 54.2 Å². The lowest BCUT2D eigenvalue weighted by Crippen LogP contribution is -2.14. The molecule has 220 valence electrons. The van der Waals surface area contributed by atoms with Crippen molar-refractivity contribution < 1.29 is 0 Å². The molecule has 1 aliphatic carbocycles. The summed E-state index contributed by atoms with van der Waals surface area (Å²) in [5.74, 6) is 0. The molecule has 6 aromatic carbocycles. The molecule has 0 atom stereocenters. The Kier molecular flexibility index (Phi) is 9.61. The van der Waals surface area contributed by atoms with Gasteiger partial charge in [0.2, 0.25) is 0 Å². The van der Waals surface area contributed by atoms with E-state index in [0.29, 0.717) is 0 Å². The molecule has 0 N–H and O–H groups in total. The van der Waals surface area contributed by atoms with E-state index in [1.807, 2.05) is 6.07 Å². The molecule has 0 fully saturated rings. The zero-order chi connectivity index (χ0) is 31.1. The second-order valence-corrected chi connectivity index (χ2v) is 12.4. The maximum absolute atomic E-state index is 2.33. The van der Waals surface area contributed by atoms with Gasteiger partial charge in [-0.2, -0.15) is 0 Å². The first-order valence-electron chi connectivity index (χ1n) is 15.8. The van der Waals surface area contributed by atoms with Crippen molar-refractivity contribution in [3.05, 3.63) is 179 Å². The first kappa shape index (κ1) is 30.8. The van der Waals surface area contributed by atoms with E-state index in [0.717, 1.165) is 6.42 Å². The standard InChI is InChI=1S/C16H16.C15H16.C13H12/c1-11-8-9-13-12-6-4-5-7-14(12)16(2,3)15(13)10-11;1-3-13-6-10-15(11-7-13)14-8-4-12(2)5-9-14;1-11-7-9-13(10-8-11)12-5-3-2-4-6-12/h4-10H,1-3H3;4-11H,3H2,1-2H3;2-10H,1H3. The molecular weight excluding hydrogens is 528 g/mol. The van der Waals surface area contributed by atoms with Crippen molar-refractivity contribution in [3.63, 3.8) is 0 Å². The molecular formula is C44H44. The predicted octanol–water partition coefficient (Wildman–Crippen LogP) is 12.2. The number of hydrogen-bond acceptors (Lipinski definition) is 0. The number of fused-ring (bicyclic) bond motifs is 3. The van der Waals surface area contributed by atoms with Crippen LogP contribution in [0.15, 0.2) is 146 Å². The molecule has 0 nitrogen and oxygen atoms in total. The summed E-state index contributed by atoms with van der Waals surface area (Å²) in [6.45, 7) is 13.2. The van der Waals surface area contributed by atoms with Gasteiger partial charge in [-0.15, -0.1) is 0 Å². The Bertz CT molecular complexity index is 1790. The Morgan fingerprint density at radius 1 is 0.409 bits per heavy atom. The predicted molar refractivity (Wildman–Crippen MR) is 191 cm³/mol. The van der Waals surface area contributed by atoms with Crippen LogP contribution in [-0.2, 0) is 11.8 Å². The van der Waals surface area contributed by atoms with Gasteiger partial charge in [0.15, 0.2) is 0 Å². The van der Waals surface area contributed by atoms with Crippen molar-refractivity contribution in [2.45, 2.75) is 53.4 Å². The molecule has 6 aromatic rings. The van der Waals surface area contributed by atoms with Gasteiger partial charge in [-0.3, -0.25) is 0 Å². The van der Waals surface area contributed by atoms with Crippen molar-refractivity contribution in [3.8, 4) is 33.4 Å². The van der Waals surface area contributed by atoms with Gasteiger partial charge in [-0.25, -0.2) is 0 Å². The summed E-state index contributed by atoms with van der Waals surface area (Å²) in [5.41, 5.74) is 16.4. The third-order valence-electron chi connectivity index (χ3n) is 8.64. The third kappa shape index (κ3) is 7.09. The Morgan fingerprint density at radius 3 is 1.39 bits per heavy atom. The molecule has 0 radical (unpaired) electrons. The van der Waals surface area contributed by atoms with Crippen molar-refractivity contribution in [2.75, 3.05) is 0 Å². The SMILES string of the molecule is CCc1ccc(-c2ccc(C)cc2)cc1.Cc1ccc(-c2ccccc2)cc1.Cc1ccc2c(c1)C(C)(C)c1ccccc1-2. The minimum Gasteiger partial charge on any atom is -0.0622 e. The van der Waals surface area contributed by atoms with E-state index in [-0.39, 0.29) is 5.41 Å². The number of rotatable bonds is 3. The highest BCUT2D eigenvalue weighted by Gasteiger charge is 2.34. The smallest absolute Gasteiger partial charge is 0.0158 e. The quantitative estimate of drug-likeness (QED) is 0.198. The van der Waals surface area contributed by atoms with Crippen LogP contribution in [0.2, 0.25) is 0 Å². The molecule has 0 unspecified atom stereocenters. The van der Waals surface area contributed by atoms with Crippen molar-refractivity contribution >= 4 is 0 Å². The monoisotopic (exact) mass is 572 g/mol. The average molecular weight is 573 g/mol. The molecule has 0 aliphatic heterocycles. The highest BCUT2D eigenvalue weighted by atomic mass is 14.4. The highest BCUT2D eigenvalue weighted by molar-refractivity contribution is 5.80. The fourth-order valence-corrected chi connectivity index (χ4v) is 5.87. The van der Waals surface area contributed by atoms with E-state index in [1.165, 1.54) is 66.8 Å². The lowest BCUT2D eigenvalue weighted by Gasteiger charge is -2.21. The number of aryl methyl sites for hydroxylation is 4. The largest absolute Gasteiger partial charge is 0.0622 e. The van der Waals surface area contributed by atoms with Gasteiger partial charge in [-0.05, 0) is 77.3 Å². The van der Waals surface area contributed by atoms with Crippen LogP contribution in [0, 0.1) is 20.8 Å². The number of hydrogen-bond donors (Lipinski definition) is 0. The Morgan fingerprint density at radius 2 is 0.841 bits per heavy atom. The minimum atomic E-state index is 0.151. The van der Waals surface area contributed by atoms with Gasteiger partial charge in [0, 0.05) is 5.41 Å². The van der Waals surface area contributed by atoms with Crippen LogP contribution in [0.4, 0.5) is 0 Å². The van der Waals surface area contributed by atoms with Crippen molar-refractivity contribution in [1.29, 1.82) is 0 Å². The molecule has 0 spiro atoms. The first-order valence-corrected chi connectivity index (χ1v) is 15.8. The summed E-state index contributed by atoms with van der Waals surface area (Å²) in [5, 5.41) is 0. The molecule has 7 rings (SSSR count). The van der Waals surface area contributed by atoms with E-state index >= 15 is 0 Å². The van der Waals surface area contributed by atoms with Crippen molar-refractivity contribution in [2.24, 2.45) is 0 Å². The topological polar surface area (TPSA) is 0 Å². The zero-order valence-electron chi connectivity index (χ0n) is 27.1. The van der Waals surface area contributed by atoms with Gasteiger partial charge >= 0.3 is 0 Å². The van der Waals surface area contributed by atoms with Crippen LogP contribution in [0.25, 0.3) is 33.4 Å². The van der Waals surface area contributed by atoms with Gasteiger partial charge in [0.25, 0.3) is 0 Å². The van der Waals surface area contributed by atoms with Gasteiger partial charge in [0.1, 0.15) is 0 Å². The molecule has 0 amide bonds. The molecule has 44 heavy (non-hydrogen) atoms. The molecule has 0 bridgehead atoms. The summed E-state index contributed by atoms with van der Waals surface area (Å²) in [6.07, 6.45) is 1.11. The summed E-state index contributed by atoms with van der Waals surface area (Å²) >= 11 is 0. The Hall–Kier alpha value is -4.68. The normalized spacial score (nSPS) is 12.1. The lowest BCUT2D eigenvalue weighted by atomic mass is 9.82. The van der Waals surface area contributed by atoms with Gasteiger partial charge in [0.05, 0.1) is 0 Å². The van der Waals surface area contributed by atoms with E-state index in [4.69, 9.17) is 0 Å². The highest BCUT2D eigenvalue weighted by Crippen LogP contribution is 2.48. The lowest BCUT2D eigenvalue weighted by molar-refractivity contribution is 0.660. The van der Waals surface area contributed by atoms with Gasteiger partial charge in [-0.1, -0.05) is 183 Å². The molecule has 0 heterocycles.